The van der Waals surface area contributed by atoms with Gasteiger partial charge in [-0.05, 0) is 32.0 Å². The molecule has 0 radical (unpaired) electrons. The lowest BCUT2D eigenvalue weighted by molar-refractivity contribution is -0.0440. The Hall–Kier alpha value is -1.15. The van der Waals surface area contributed by atoms with Crippen LogP contribution >= 0.6 is 11.6 Å². The van der Waals surface area contributed by atoms with Gasteiger partial charge in [-0.1, -0.05) is 11.6 Å². The first-order valence-corrected chi connectivity index (χ1v) is 8.22. The molecule has 1 N–H and O–H groups in total. The van der Waals surface area contributed by atoms with Crippen molar-refractivity contribution in [3.63, 3.8) is 0 Å². The molecular formula is C13H16ClNO5S. The Bertz CT molecular complexity index is 651. The molecule has 0 amide bonds. The second kappa shape index (κ2) is 5.92. The third kappa shape index (κ3) is 3.37. The molecule has 21 heavy (non-hydrogen) atoms. The highest BCUT2D eigenvalue weighted by Gasteiger charge is 2.33. The van der Waals surface area contributed by atoms with E-state index in [9.17, 15) is 13.2 Å². The van der Waals surface area contributed by atoms with Gasteiger partial charge in [-0.2, -0.15) is 4.31 Å². The van der Waals surface area contributed by atoms with Crippen molar-refractivity contribution in [2.24, 2.45) is 0 Å². The molecule has 2 unspecified atom stereocenters. The maximum atomic E-state index is 12.7. The highest BCUT2D eigenvalue weighted by atomic mass is 35.5. The number of carboxylic acids is 1. The lowest BCUT2D eigenvalue weighted by Crippen LogP contribution is -2.48. The molecule has 8 heteroatoms. The van der Waals surface area contributed by atoms with E-state index in [1.54, 1.807) is 13.8 Å². The Morgan fingerprint density at radius 3 is 2.43 bits per heavy atom. The first kappa shape index (κ1) is 16.2. The minimum absolute atomic E-state index is 0.00629. The Morgan fingerprint density at radius 1 is 1.33 bits per heavy atom. The number of benzene rings is 1. The van der Waals surface area contributed by atoms with Crippen LogP contribution in [-0.2, 0) is 14.8 Å². The van der Waals surface area contributed by atoms with Crippen LogP contribution in [0, 0.1) is 0 Å². The van der Waals surface area contributed by atoms with Crippen LogP contribution in [0.5, 0.6) is 0 Å². The van der Waals surface area contributed by atoms with Crippen molar-refractivity contribution in [1.82, 2.24) is 4.31 Å². The molecule has 1 aromatic carbocycles. The van der Waals surface area contributed by atoms with Crippen LogP contribution in [0.25, 0.3) is 0 Å². The van der Waals surface area contributed by atoms with Crippen LogP contribution in [0.15, 0.2) is 23.1 Å². The van der Waals surface area contributed by atoms with E-state index < -0.39 is 16.0 Å². The number of morpholine rings is 1. The SMILES string of the molecule is CC1CN(S(=O)(=O)c2cc(C(=O)O)ccc2Cl)CC(C)O1. The number of carbonyl (C=O) groups is 1. The molecule has 1 fully saturated rings. The van der Waals surface area contributed by atoms with Gasteiger partial charge in [0.1, 0.15) is 4.90 Å². The highest BCUT2D eigenvalue weighted by molar-refractivity contribution is 7.89. The maximum Gasteiger partial charge on any atom is 0.335 e. The van der Waals surface area contributed by atoms with Gasteiger partial charge in [-0.25, -0.2) is 13.2 Å². The molecule has 1 aliphatic heterocycles. The van der Waals surface area contributed by atoms with Gasteiger partial charge in [0, 0.05) is 13.1 Å². The van der Waals surface area contributed by atoms with Crippen molar-refractivity contribution in [2.45, 2.75) is 31.0 Å². The van der Waals surface area contributed by atoms with Crippen LogP contribution in [0.2, 0.25) is 5.02 Å². The van der Waals surface area contributed by atoms with E-state index in [-0.39, 0.29) is 40.8 Å². The summed E-state index contributed by atoms with van der Waals surface area (Å²) in [6.45, 7) is 3.99. The van der Waals surface area contributed by atoms with Gasteiger partial charge in [-0.3, -0.25) is 0 Å². The standard InChI is InChI=1S/C13H16ClNO5S/c1-8-6-15(7-9(2)20-8)21(18,19)12-5-10(13(16)17)3-4-11(12)14/h3-5,8-9H,6-7H2,1-2H3,(H,16,17). The van der Waals surface area contributed by atoms with E-state index >= 15 is 0 Å². The molecule has 0 bridgehead atoms. The zero-order chi connectivity index (χ0) is 15.8. The zero-order valence-corrected chi connectivity index (χ0v) is 13.2. The predicted molar refractivity (Wildman–Crippen MR) is 77.2 cm³/mol. The van der Waals surface area contributed by atoms with Crippen LogP contribution in [0.4, 0.5) is 0 Å². The Kier molecular flexibility index (Phi) is 4.57. The average Bonchev–Trinajstić information content (AvgIpc) is 2.37. The average molecular weight is 334 g/mol. The smallest absolute Gasteiger partial charge is 0.335 e. The first-order chi connectivity index (χ1) is 9.71. The first-order valence-electron chi connectivity index (χ1n) is 6.40. The molecule has 1 heterocycles. The summed E-state index contributed by atoms with van der Waals surface area (Å²) in [4.78, 5) is 10.8. The molecule has 6 nitrogen and oxygen atoms in total. The van der Waals surface area contributed by atoms with Crippen molar-refractivity contribution in [1.29, 1.82) is 0 Å². The summed E-state index contributed by atoms with van der Waals surface area (Å²) in [7, 11) is -3.86. The fourth-order valence-corrected chi connectivity index (χ4v) is 4.39. The fourth-order valence-electron chi connectivity index (χ4n) is 2.30. The summed E-state index contributed by atoms with van der Waals surface area (Å²) in [5, 5.41) is 9.00. The van der Waals surface area contributed by atoms with E-state index in [0.29, 0.717) is 0 Å². The van der Waals surface area contributed by atoms with Gasteiger partial charge in [0.15, 0.2) is 0 Å². The minimum Gasteiger partial charge on any atom is -0.478 e. The number of ether oxygens (including phenoxy) is 1. The third-order valence-corrected chi connectivity index (χ3v) is 5.50. The number of halogens is 1. The lowest BCUT2D eigenvalue weighted by atomic mass is 10.2. The summed E-state index contributed by atoms with van der Waals surface area (Å²) >= 11 is 5.95. The Labute approximate surface area is 128 Å². The van der Waals surface area contributed by atoms with Crippen molar-refractivity contribution in [3.8, 4) is 0 Å². The number of nitrogens with zero attached hydrogens (tertiary/aromatic N) is 1. The molecule has 2 atom stereocenters. The molecular weight excluding hydrogens is 318 g/mol. The van der Waals surface area contributed by atoms with Crippen molar-refractivity contribution >= 4 is 27.6 Å². The minimum atomic E-state index is -3.86. The van der Waals surface area contributed by atoms with Crippen molar-refractivity contribution in [2.75, 3.05) is 13.1 Å². The van der Waals surface area contributed by atoms with E-state index in [4.69, 9.17) is 21.4 Å². The zero-order valence-electron chi connectivity index (χ0n) is 11.6. The van der Waals surface area contributed by atoms with Gasteiger partial charge >= 0.3 is 5.97 Å². The monoisotopic (exact) mass is 333 g/mol. The molecule has 0 aromatic heterocycles. The van der Waals surface area contributed by atoms with Crippen LogP contribution < -0.4 is 0 Å². The van der Waals surface area contributed by atoms with E-state index in [1.165, 1.54) is 16.4 Å². The number of carboxylic acid groups (broad SMARTS) is 1. The fraction of sp³-hybridized carbons (Fsp3) is 0.462. The Balaban J connectivity index is 2.44. The molecule has 116 valence electrons. The van der Waals surface area contributed by atoms with E-state index in [0.717, 1.165) is 6.07 Å². The van der Waals surface area contributed by atoms with Gasteiger partial charge in [0.2, 0.25) is 10.0 Å². The van der Waals surface area contributed by atoms with Crippen LogP contribution in [-0.4, -0.2) is 49.1 Å². The number of aromatic carboxylic acids is 1. The molecule has 1 saturated heterocycles. The summed E-state index contributed by atoms with van der Waals surface area (Å²) in [5.41, 5.74) is -0.118. The van der Waals surface area contributed by atoms with Gasteiger partial charge < -0.3 is 9.84 Å². The molecule has 0 aliphatic carbocycles. The third-order valence-electron chi connectivity index (χ3n) is 3.18. The highest BCUT2D eigenvalue weighted by Crippen LogP contribution is 2.28. The largest absolute Gasteiger partial charge is 0.478 e. The summed E-state index contributed by atoms with van der Waals surface area (Å²) in [5.74, 6) is -1.20. The molecule has 2 rings (SSSR count). The van der Waals surface area contributed by atoms with Gasteiger partial charge in [0.05, 0.1) is 22.8 Å². The molecule has 0 spiro atoms. The molecule has 0 saturated carbocycles. The second-order valence-corrected chi connectivity index (χ2v) is 7.34. The number of sulfonamides is 1. The molecule has 1 aromatic rings. The quantitative estimate of drug-likeness (QED) is 0.912. The van der Waals surface area contributed by atoms with E-state index in [1.807, 2.05) is 0 Å². The maximum absolute atomic E-state index is 12.7. The van der Waals surface area contributed by atoms with E-state index in [2.05, 4.69) is 0 Å². The van der Waals surface area contributed by atoms with Crippen LogP contribution in [0.3, 0.4) is 0 Å². The summed E-state index contributed by atoms with van der Waals surface area (Å²) in [6, 6.07) is 3.64. The normalized spacial score (nSPS) is 24.0. The topological polar surface area (TPSA) is 83.9 Å². The predicted octanol–water partition coefficient (Wildman–Crippen LogP) is 1.84. The number of hydrogen-bond donors (Lipinski definition) is 1. The van der Waals surface area contributed by atoms with Gasteiger partial charge in [0.25, 0.3) is 0 Å². The second-order valence-electron chi connectivity index (χ2n) is 5.03. The number of hydrogen-bond acceptors (Lipinski definition) is 4. The van der Waals surface area contributed by atoms with Crippen LogP contribution in [0.1, 0.15) is 24.2 Å². The lowest BCUT2D eigenvalue weighted by Gasteiger charge is -2.34. The number of rotatable bonds is 3. The molecule has 1 aliphatic rings. The Morgan fingerprint density at radius 2 is 1.90 bits per heavy atom. The van der Waals surface area contributed by atoms with Gasteiger partial charge in [-0.15, -0.1) is 0 Å². The summed E-state index contributed by atoms with van der Waals surface area (Å²) < 4.78 is 32.1. The summed E-state index contributed by atoms with van der Waals surface area (Å²) in [6.07, 6.45) is -0.463. The van der Waals surface area contributed by atoms with Crippen molar-refractivity contribution < 1.29 is 23.1 Å². The van der Waals surface area contributed by atoms with Crippen molar-refractivity contribution in [3.05, 3.63) is 28.8 Å².